The first-order chi connectivity index (χ1) is 9.02. The van der Waals surface area contributed by atoms with Gasteiger partial charge in [0.25, 0.3) is 5.56 Å². The molecule has 0 bridgehead atoms. The van der Waals surface area contributed by atoms with Crippen molar-refractivity contribution in [3.63, 3.8) is 0 Å². The number of aromatic amines is 1. The number of nitrogens with two attached hydrogens (primary N) is 1. The molecular weight excluding hydrogens is 243 g/mol. The molecule has 0 atom stereocenters. The SMILES string of the molecule is CCc1c(C)[nH]c(=O)c(N)c1Cc1cccc(F)c1. The number of aromatic nitrogens is 1. The maximum Gasteiger partial charge on any atom is 0.271 e. The van der Waals surface area contributed by atoms with E-state index in [9.17, 15) is 9.18 Å². The van der Waals surface area contributed by atoms with Crippen molar-refractivity contribution in [3.05, 3.63) is 62.8 Å². The van der Waals surface area contributed by atoms with Crippen LogP contribution in [0.15, 0.2) is 29.1 Å². The molecule has 1 heterocycles. The van der Waals surface area contributed by atoms with Gasteiger partial charge in [-0.2, -0.15) is 0 Å². The number of hydrogen-bond acceptors (Lipinski definition) is 2. The lowest BCUT2D eigenvalue weighted by Gasteiger charge is -2.13. The Balaban J connectivity index is 2.53. The van der Waals surface area contributed by atoms with Crippen molar-refractivity contribution >= 4 is 5.69 Å². The van der Waals surface area contributed by atoms with E-state index in [1.54, 1.807) is 6.07 Å². The number of aryl methyl sites for hydroxylation is 1. The van der Waals surface area contributed by atoms with Gasteiger partial charge in [0.1, 0.15) is 11.5 Å². The summed E-state index contributed by atoms with van der Waals surface area (Å²) in [5.74, 6) is -0.282. The summed E-state index contributed by atoms with van der Waals surface area (Å²) in [5, 5.41) is 0. The molecule has 0 spiro atoms. The summed E-state index contributed by atoms with van der Waals surface area (Å²) < 4.78 is 13.2. The molecule has 0 saturated carbocycles. The Morgan fingerprint density at radius 1 is 1.32 bits per heavy atom. The number of nitrogen functional groups attached to an aromatic ring is 1. The predicted molar refractivity (Wildman–Crippen MR) is 74.8 cm³/mol. The molecule has 0 aliphatic heterocycles. The van der Waals surface area contributed by atoms with Gasteiger partial charge in [0.15, 0.2) is 0 Å². The van der Waals surface area contributed by atoms with Crippen LogP contribution in [0.25, 0.3) is 0 Å². The standard InChI is InChI=1S/C15H17FN2O/c1-3-12-9(2)18-15(19)14(17)13(12)8-10-5-4-6-11(16)7-10/h4-7H,3,8,17H2,1-2H3,(H,18,19). The van der Waals surface area contributed by atoms with E-state index >= 15 is 0 Å². The minimum atomic E-state index is -0.282. The second-order valence-corrected chi connectivity index (χ2v) is 4.61. The third kappa shape index (κ3) is 2.67. The molecule has 2 rings (SSSR count). The second-order valence-electron chi connectivity index (χ2n) is 4.61. The Hall–Kier alpha value is -2.10. The highest BCUT2D eigenvalue weighted by Crippen LogP contribution is 2.21. The quantitative estimate of drug-likeness (QED) is 0.891. The fourth-order valence-corrected chi connectivity index (χ4v) is 2.37. The van der Waals surface area contributed by atoms with E-state index in [0.29, 0.717) is 6.42 Å². The number of rotatable bonds is 3. The summed E-state index contributed by atoms with van der Waals surface area (Å²) in [5.41, 5.74) is 9.30. The number of nitrogens with one attached hydrogen (secondary N) is 1. The molecular formula is C15H17FN2O. The molecule has 0 saturated heterocycles. The van der Waals surface area contributed by atoms with Crippen molar-refractivity contribution in [2.75, 3.05) is 5.73 Å². The Kier molecular flexibility index (Phi) is 3.69. The summed E-state index contributed by atoms with van der Waals surface area (Å²) in [7, 11) is 0. The fourth-order valence-electron chi connectivity index (χ4n) is 2.37. The van der Waals surface area contributed by atoms with E-state index in [0.717, 1.165) is 28.8 Å². The Morgan fingerprint density at radius 3 is 2.68 bits per heavy atom. The summed E-state index contributed by atoms with van der Waals surface area (Å²) in [6.45, 7) is 3.86. The molecule has 0 unspecified atom stereocenters. The van der Waals surface area contributed by atoms with E-state index in [4.69, 9.17) is 5.73 Å². The number of halogens is 1. The highest BCUT2D eigenvalue weighted by atomic mass is 19.1. The average Bonchev–Trinajstić information content (AvgIpc) is 2.36. The molecule has 0 radical (unpaired) electrons. The van der Waals surface area contributed by atoms with Crippen molar-refractivity contribution in [1.82, 2.24) is 4.98 Å². The van der Waals surface area contributed by atoms with Crippen LogP contribution in [0.1, 0.15) is 29.3 Å². The molecule has 100 valence electrons. The number of pyridine rings is 1. The van der Waals surface area contributed by atoms with Gasteiger partial charge >= 0.3 is 0 Å². The van der Waals surface area contributed by atoms with Gasteiger partial charge in [0.2, 0.25) is 0 Å². The Morgan fingerprint density at radius 2 is 2.05 bits per heavy atom. The monoisotopic (exact) mass is 260 g/mol. The Labute approximate surface area is 111 Å². The first-order valence-corrected chi connectivity index (χ1v) is 6.27. The van der Waals surface area contributed by atoms with Crippen LogP contribution in [0.3, 0.4) is 0 Å². The molecule has 4 heteroatoms. The lowest BCUT2D eigenvalue weighted by Crippen LogP contribution is -2.19. The van der Waals surface area contributed by atoms with Crippen LogP contribution in [-0.4, -0.2) is 4.98 Å². The van der Waals surface area contributed by atoms with Crippen LogP contribution in [0.4, 0.5) is 10.1 Å². The predicted octanol–water partition coefficient (Wildman–Crippen LogP) is 2.56. The number of benzene rings is 1. The van der Waals surface area contributed by atoms with Gasteiger partial charge in [-0.05, 0) is 42.2 Å². The van der Waals surface area contributed by atoms with Gasteiger partial charge in [-0.1, -0.05) is 19.1 Å². The van der Waals surface area contributed by atoms with E-state index in [2.05, 4.69) is 4.98 Å². The van der Waals surface area contributed by atoms with Crippen LogP contribution >= 0.6 is 0 Å². The molecule has 1 aromatic heterocycles. The topological polar surface area (TPSA) is 58.9 Å². The van der Waals surface area contributed by atoms with Crippen LogP contribution in [0.2, 0.25) is 0 Å². The molecule has 0 amide bonds. The first-order valence-electron chi connectivity index (χ1n) is 6.27. The number of H-pyrrole nitrogens is 1. The summed E-state index contributed by atoms with van der Waals surface area (Å²) in [6.07, 6.45) is 1.25. The summed E-state index contributed by atoms with van der Waals surface area (Å²) >= 11 is 0. The minimum Gasteiger partial charge on any atom is -0.394 e. The number of anilines is 1. The molecule has 0 aliphatic carbocycles. The van der Waals surface area contributed by atoms with Crippen molar-refractivity contribution in [2.24, 2.45) is 0 Å². The molecule has 1 aromatic carbocycles. The normalized spacial score (nSPS) is 10.7. The van der Waals surface area contributed by atoms with Crippen LogP contribution in [0.5, 0.6) is 0 Å². The minimum absolute atomic E-state index is 0.228. The smallest absolute Gasteiger partial charge is 0.271 e. The van der Waals surface area contributed by atoms with Gasteiger partial charge in [-0.25, -0.2) is 4.39 Å². The fraction of sp³-hybridized carbons (Fsp3) is 0.267. The molecule has 2 aromatic rings. The highest BCUT2D eigenvalue weighted by molar-refractivity contribution is 5.52. The van der Waals surface area contributed by atoms with Crippen molar-refractivity contribution in [1.29, 1.82) is 0 Å². The van der Waals surface area contributed by atoms with Crippen molar-refractivity contribution in [3.8, 4) is 0 Å². The molecule has 19 heavy (non-hydrogen) atoms. The van der Waals surface area contributed by atoms with Gasteiger partial charge in [0.05, 0.1) is 0 Å². The maximum atomic E-state index is 13.2. The summed E-state index contributed by atoms with van der Waals surface area (Å²) in [6, 6.07) is 6.36. The van der Waals surface area contributed by atoms with Crippen LogP contribution in [0, 0.1) is 12.7 Å². The van der Waals surface area contributed by atoms with Crippen molar-refractivity contribution < 1.29 is 4.39 Å². The van der Waals surface area contributed by atoms with E-state index in [-0.39, 0.29) is 17.1 Å². The van der Waals surface area contributed by atoms with Gasteiger partial charge < -0.3 is 10.7 Å². The van der Waals surface area contributed by atoms with Gasteiger partial charge in [-0.15, -0.1) is 0 Å². The third-order valence-electron chi connectivity index (χ3n) is 3.31. The lowest BCUT2D eigenvalue weighted by molar-refractivity contribution is 0.626. The zero-order valence-electron chi connectivity index (χ0n) is 11.1. The van der Waals surface area contributed by atoms with E-state index < -0.39 is 0 Å². The van der Waals surface area contributed by atoms with Gasteiger partial charge in [0, 0.05) is 12.1 Å². The van der Waals surface area contributed by atoms with Crippen LogP contribution in [-0.2, 0) is 12.8 Å². The Bertz CT molecular complexity index is 662. The lowest BCUT2D eigenvalue weighted by atomic mass is 9.96. The maximum absolute atomic E-state index is 13.2. The zero-order valence-corrected chi connectivity index (χ0v) is 11.1. The van der Waals surface area contributed by atoms with Crippen LogP contribution < -0.4 is 11.3 Å². The largest absolute Gasteiger partial charge is 0.394 e. The molecule has 0 fully saturated rings. The second kappa shape index (κ2) is 5.26. The third-order valence-corrected chi connectivity index (χ3v) is 3.31. The van der Waals surface area contributed by atoms with E-state index in [1.165, 1.54) is 12.1 Å². The molecule has 3 N–H and O–H groups in total. The zero-order chi connectivity index (χ0) is 14.0. The molecule has 0 aliphatic rings. The molecule has 3 nitrogen and oxygen atoms in total. The van der Waals surface area contributed by atoms with Crippen molar-refractivity contribution in [2.45, 2.75) is 26.7 Å². The number of hydrogen-bond donors (Lipinski definition) is 2. The van der Waals surface area contributed by atoms with Gasteiger partial charge in [-0.3, -0.25) is 4.79 Å². The summed E-state index contributed by atoms with van der Waals surface area (Å²) in [4.78, 5) is 14.5. The average molecular weight is 260 g/mol. The highest BCUT2D eigenvalue weighted by Gasteiger charge is 2.12. The first kappa shape index (κ1) is 13.3. The van der Waals surface area contributed by atoms with E-state index in [1.807, 2.05) is 19.9 Å².